The van der Waals surface area contributed by atoms with Gasteiger partial charge in [-0.3, -0.25) is 9.78 Å². The van der Waals surface area contributed by atoms with E-state index in [1.807, 2.05) is 30.5 Å². The van der Waals surface area contributed by atoms with Crippen LogP contribution in [0.5, 0.6) is 0 Å². The molecule has 2 atom stereocenters. The van der Waals surface area contributed by atoms with Crippen molar-refractivity contribution < 1.29 is 22.8 Å². The lowest BCUT2D eigenvalue weighted by Crippen LogP contribution is -2.52. The zero-order chi connectivity index (χ0) is 22.8. The molecule has 1 aromatic carbocycles. The quantitative estimate of drug-likeness (QED) is 0.675. The zero-order valence-corrected chi connectivity index (χ0v) is 18.1. The molecule has 2 unspecified atom stereocenters. The number of pyridine rings is 1. The molecule has 1 aliphatic heterocycles. The Morgan fingerprint density at radius 2 is 2.13 bits per heavy atom. The summed E-state index contributed by atoms with van der Waals surface area (Å²) in [6.45, 7) is 3.23. The van der Waals surface area contributed by atoms with E-state index in [4.69, 9.17) is 6.42 Å². The summed E-state index contributed by atoms with van der Waals surface area (Å²) < 4.78 is 38.6. The number of hydrogen-bond donors (Lipinski definition) is 1. The van der Waals surface area contributed by atoms with Gasteiger partial charge in [0.25, 0.3) is 0 Å². The first-order valence-corrected chi connectivity index (χ1v) is 10.8. The molecule has 164 valence electrons. The molecule has 2 aromatic rings. The first kappa shape index (κ1) is 22.9. The number of benzene rings is 1. The van der Waals surface area contributed by atoms with Gasteiger partial charge in [-0.1, -0.05) is 17.1 Å². The number of rotatable bonds is 6. The molecule has 0 saturated heterocycles. The number of halogens is 3. The normalized spacial score (nSPS) is 17.6. The van der Waals surface area contributed by atoms with Gasteiger partial charge in [-0.2, -0.15) is 24.9 Å². The van der Waals surface area contributed by atoms with Gasteiger partial charge in [0.1, 0.15) is 0 Å². The van der Waals surface area contributed by atoms with Gasteiger partial charge >= 0.3 is 6.18 Å². The van der Waals surface area contributed by atoms with Crippen LogP contribution in [0, 0.1) is 12.3 Å². The average Bonchev–Trinajstić information content (AvgIpc) is 3.23. The zero-order valence-electron chi connectivity index (χ0n) is 17.3. The van der Waals surface area contributed by atoms with Crippen molar-refractivity contribution in [1.82, 2.24) is 10.3 Å². The highest BCUT2D eigenvalue weighted by atomic mass is 32.2. The number of terminal acetylenes is 1. The number of nitrogens with zero attached hydrogens (tertiary/aromatic N) is 2. The van der Waals surface area contributed by atoms with Gasteiger partial charge in [0.05, 0.1) is 22.0 Å². The minimum atomic E-state index is -4.50. The average molecular weight is 449 g/mol. The van der Waals surface area contributed by atoms with Crippen LogP contribution >= 0.6 is 11.8 Å². The molecular weight excluding hydrogens is 427 g/mol. The molecule has 5 nitrogen and oxygen atoms in total. The van der Waals surface area contributed by atoms with Crippen molar-refractivity contribution in [3.8, 4) is 12.3 Å². The lowest BCUT2D eigenvalue weighted by atomic mass is 9.93. The molecular formula is C22H22F3N3O2S. The number of amides is 1. The van der Waals surface area contributed by atoms with E-state index in [1.165, 1.54) is 11.8 Å². The van der Waals surface area contributed by atoms with E-state index in [0.717, 1.165) is 16.5 Å². The largest absolute Gasteiger partial charge is 0.428 e. The minimum Gasteiger partial charge on any atom is -0.382 e. The van der Waals surface area contributed by atoms with Crippen molar-refractivity contribution in [3.05, 3.63) is 41.6 Å². The van der Waals surface area contributed by atoms with Crippen LogP contribution in [0.4, 0.5) is 13.2 Å². The Morgan fingerprint density at radius 1 is 1.39 bits per heavy atom. The summed E-state index contributed by atoms with van der Waals surface area (Å²) >= 11 is 1.36. The molecule has 0 saturated carbocycles. The summed E-state index contributed by atoms with van der Waals surface area (Å²) in [5, 5.41) is 6.84. The number of carbonyl (C=O) groups is 1. The molecule has 0 spiro atoms. The number of oxime groups is 1. The van der Waals surface area contributed by atoms with E-state index in [-0.39, 0.29) is 11.6 Å². The summed E-state index contributed by atoms with van der Waals surface area (Å²) in [5.74, 6) is 2.27. The summed E-state index contributed by atoms with van der Waals surface area (Å²) in [4.78, 5) is 21.7. The summed E-state index contributed by atoms with van der Waals surface area (Å²) in [7, 11) is 0. The van der Waals surface area contributed by atoms with Gasteiger partial charge in [0.2, 0.25) is 12.0 Å². The Morgan fingerprint density at radius 3 is 2.74 bits per heavy atom. The standard InChI is InChI=1S/C22H22F3N3O2S/c1-5-13-8-15-9-14(6-7-16(15)26-12-13)10-17(31-4)20(29)27-21(2,3)18-11-19(30-28-18)22(23,24)25/h1,6-9,12,17,19H,10-11H2,2-4H3,(H,27,29). The van der Waals surface area contributed by atoms with Crippen molar-refractivity contribution >= 4 is 34.3 Å². The number of hydrogen-bond acceptors (Lipinski definition) is 5. The molecule has 0 bridgehead atoms. The molecule has 1 amide bonds. The van der Waals surface area contributed by atoms with Crippen LogP contribution in [0.3, 0.4) is 0 Å². The first-order chi connectivity index (χ1) is 14.5. The second-order valence-electron chi connectivity index (χ2n) is 7.82. The van der Waals surface area contributed by atoms with Crippen LogP contribution in [0.1, 0.15) is 31.4 Å². The minimum absolute atomic E-state index is 0.154. The Labute approximate surface area is 182 Å². The van der Waals surface area contributed by atoms with E-state index in [9.17, 15) is 18.0 Å². The Kier molecular flexibility index (Phi) is 6.51. The topological polar surface area (TPSA) is 63.6 Å². The number of thioether (sulfide) groups is 1. The summed E-state index contributed by atoms with van der Waals surface area (Å²) in [6.07, 6.45) is 2.43. The lowest BCUT2D eigenvalue weighted by molar-refractivity contribution is -0.212. The molecule has 0 aliphatic carbocycles. The molecule has 0 radical (unpaired) electrons. The van der Waals surface area contributed by atoms with Crippen LogP contribution < -0.4 is 5.32 Å². The molecule has 3 rings (SSSR count). The maximum Gasteiger partial charge on any atom is 0.428 e. The first-order valence-electron chi connectivity index (χ1n) is 9.53. The predicted molar refractivity (Wildman–Crippen MR) is 116 cm³/mol. The van der Waals surface area contributed by atoms with Crippen LogP contribution in [0.15, 0.2) is 35.6 Å². The van der Waals surface area contributed by atoms with Crippen LogP contribution in [0.2, 0.25) is 0 Å². The number of alkyl halides is 3. The lowest BCUT2D eigenvalue weighted by Gasteiger charge is -2.28. The van der Waals surface area contributed by atoms with Crippen molar-refractivity contribution in [2.24, 2.45) is 5.16 Å². The van der Waals surface area contributed by atoms with E-state index in [2.05, 4.69) is 26.2 Å². The maximum absolute atomic E-state index is 12.9. The molecule has 2 heterocycles. The third kappa shape index (κ3) is 5.31. The Bertz CT molecular complexity index is 1060. The van der Waals surface area contributed by atoms with E-state index in [0.29, 0.717) is 12.0 Å². The molecule has 9 heteroatoms. The fourth-order valence-corrected chi connectivity index (χ4v) is 3.90. The fourth-order valence-electron chi connectivity index (χ4n) is 3.27. The van der Waals surface area contributed by atoms with Crippen molar-refractivity contribution in [3.63, 3.8) is 0 Å². The third-order valence-electron chi connectivity index (χ3n) is 5.10. The highest BCUT2D eigenvalue weighted by molar-refractivity contribution is 7.99. The van der Waals surface area contributed by atoms with Gasteiger partial charge in [0.15, 0.2) is 0 Å². The van der Waals surface area contributed by atoms with Gasteiger partial charge in [-0.15, -0.1) is 6.42 Å². The molecule has 1 N–H and O–H groups in total. The molecule has 1 aliphatic rings. The van der Waals surface area contributed by atoms with E-state index in [1.54, 1.807) is 20.0 Å². The Hall–Kier alpha value is -2.73. The van der Waals surface area contributed by atoms with Crippen LogP contribution in [-0.4, -0.2) is 45.9 Å². The van der Waals surface area contributed by atoms with Crippen molar-refractivity contribution in [1.29, 1.82) is 0 Å². The highest BCUT2D eigenvalue weighted by Crippen LogP contribution is 2.32. The van der Waals surface area contributed by atoms with Gasteiger partial charge in [0, 0.05) is 23.6 Å². The van der Waals surface area contributed by atoms with Gasteiger partial charge in [-0.25, -0.2) is 0 Å². The van der Waals surface area contributed by atoms with Crippen molar-refractivity contribution in [2.75, 3.05) is 6.26 Å². The third-order valence-corrected chi connectivity index (χ3v) is 6.05. The van der Waals surface area contributed by atoms with Gasteiger partial charge in [-0.05, 0) is 50.3 Å². The maximum atomic E-state index is 12.9. The number of carbonyl (C=O) groups excluding carboxylic acids is 1. The summed E-state index contributed by atoms with van der Waals surface area (Å²) in [6, 6.07) is 7.56. The monoisotopic (exact) mass is 449 g/mol. The highest BCUT2D eigenvalue weighted by Gasteiger charge is 2.48. The van der Waals surface area contributed by atoms with Crippen molar-refractivity contribution in [2.45, 2.75) is 49.8 Å². The second kappa shape index (κ2) is 8.79. The summed E-state index contributed by atoms with van der Waals surface area (Å²) in [5.41, 5.74) is 1.48. The second-order valence-corrected chi connectivity index (χ2v) is 8.86. The van der Waals surface area contributed by atoms with Crippen LogP contribution in [-0.2, 0) is 16.1 Å². The van der Waals surface area contributed by atoms with Gasteiger partial charge < -0.3 is 10.2 Å². The predicted octanol–water partition coefficient (Wildman–Crippen LogP) is 4.09. The van der Waals surface area contributed by atoms with E-state index >= 15 is 0 Å². The SMILES string of the molecule is C#Cc1cnc2ccc(CC(SC)C(=O)NC(C)(C)C3=NOC(C(F)(F)F)C3)cc2c1. The number of aromatic nitrogens is 1. The molecule has 1 aromatic heterocycles. The van der Waals surface area contributed by atoms with E-state index < -0.39 is 29.5 Å². The number of nitrogens with one attached hydrogen (secondary N) is 1. The smallest absolute Gasteiger partial charge is 0.382 e. The fraction of sp³-hybridized carbons (Fsp3) is 0.409. The molecule has 0 fully saturated rings. The Balaban J connectivity index is 1.70. The number of fused-ring (bicyclic) bond motifs is 1. The van der Waals surface area contributed by atoms with Crippen LogP contribution in [0.25, 0.3) is 10.9 Å². The molecule has 31 heavy (non-hydrogen) atoms.